The van der Waals surface area contributed by atoms with Crippen LogP contribution in [-0.4, -0.2) is 58.3 Å². The summed E-state index contributed by atoms with van der Waals surface area (Å²) in [5, 5.41) is 0. The average molecular weight is 356 g/mol. The number of hydrogen-bond acceptors (Lipinski definition) is 5. The Morgan fingerprint density at radius 3 is 1.96 bits per heavy atom. The number of para-hydroxylation sites is 1. The number of anilines is 1. The second kappa shape index (κ2) is 7.99. The summed E-state index contributed by atoms with van der Waals surface area (Å²) in [5.41, 5.74) is 1.67. The molecule has 0 saturated carbocycles. The number of piperazine rings is 1. The van der Waals surface area contributed by atoms with Gasteiger partial charge >= 0.3 is 0 Å². The summed E-state index contributed by atoms with van der Waals surface area (Å²) in [4.78, 5) is 17.2. The molecule has 26 heavy (non-hydrogen) atoms. The van der Waals surface area contributed by atoms with Crippen LogP contribution in [0.2, 0.25) is 0 Å². The van der Waals surface area contributed by atoms with Crippen LogP contribution in [-0.2, 0) is 0 Å². The van der Waals surface area contributed by atoms with Gasteiger partial charge in [0.15, 0.2) is 11.5 Å². The van der Waals surface area contributed by atoms with Crippen LogP contribution in [0.15, 0.2) is 42.5 Å². The molecule has 6 nitrogen and oxygen atoms in total. The van der Waals surface area contributed by atoms with Gasteiger partial charge in [-0.15, -0.1) is 0 Å². The predicted octanol–water partition coefficient (Wildman–Crippen LogP) is 2.67. The summed E-state index contributed by atoms with van der Waals surface area (Å²) < 4.78 is 16.0. The normalized spacial score (nSPS) is 14.1. The van der Waals surface area contributed by atoms with Crippen LogP contribution in [0.4, 0.5) is 5.69 Å². The molecule has 1 aliphatic heterocycles. The lowest BCUT2D eigenvalue weighted by atomic mass is 10.1. The second-order valence-electron chi connectivity index (χ2n) is 6.02. The number of carbonyl (C=O) groups excluding carboxylic acids is 1. The summed E-state index contributed by atoms with van der Waals surface area (Å²) >= 11 is 0. The first kappa shape index (κ1) is 17.9. The highest BCUT2D eigenvalue weighted by atomic mass is 16.5. The zero-order chi connectivity index (χ0) is 18.5. The van der Waals surface area contributed by atoms with Crippen molar-refractivity contribution >= 4 is 11.6 Å². The molecule has 1 amide bonds. The number of methoxy groups -OCH3 is 3. The average Bonchev–Trinajstić information content (AvgIpc) is 2.72. The summed E-state index contributed by atoms with van der Waals surface area (Å²) in [7, 11) is 4.66. The van der Waals surface area contributed by atoms with Crippen LogP contribution in [0.3, 0.4) is 0 Å². The second-order valence-corrected chi connectivity index (χ2v) is 6.02. The molecule has 1 saturated heterocycles. The fraction of sp³-hybridized carbons (Fsp3) is 0.350. The molecule has 2 aromatic carbocycles. The van der Waals surface area contributed by atoms with Gasteiger partial charge in [-0.05, 0) is 12.1 Å². The van der Waals surface area contributed by atoms with Gasteiger partial charge in [0, 0.05) is 44.0 Å². The third-order valence-corrected chi connectivity index (χ3v) is 4.62. The molecule has 0 aromatic heterocycles. The minimum Gasteiger partial charge on any atom is -0.496 e. The Labute approximate surface area is 153 Å². The molecule has 0 aliphatic carbocycles. The fourth-order valence-corrected chi connectivity index (χ4v) is 3.17. The van der Waals surface area contributed by atoms with Crippen molar-refractivity contribution in [3.63, 3.8) is 0 Å². The molecule has 1 heterocycles. The smallest absolute Gasteiger partial charge is 0.257 e. The molecule has 2 aromatic rings. The lowest BCUT2D eigenvalue weighted by Gasteiger charge is -2.36. The van der Waals surface area contributed by atoms with Crippen molar-refractivity contribution in [1.29, 1.82) is 0 Å². The van der Waals surface area contributed by atoms with E-state index in [-0.39, 0.29) is 5.91 Å². The Kier molecular flexibility index (Phi) is 5.51. The summed E-state index contributed by atoms with van der Waals surface area (Å²) in [6.45, 7) is 2.91. The molecule has 0 unspecified atom stereocenters. The number of rotatable bonds is 5. The standard InChI is InChI=1S/C20H24N2O4/c1-24-17-14-19(26-3)18(25-2)13-16(17)20(23)22-11-9-21(10-12-22)15-7-5-4-6-8-15/h4-8,13-14H,9-12H2,1-3H3. The third kappa shape index (κ3) is 3.54. The SMILES string of the molecule is COc1cc(OC)c(C(=O)N2CCN(c3ccccc3)CC2)cc1OC. The van der Waals surface area contributed by atoms with E-state index in [1.54, 1.807) is 33.5 Å². The van der Waals surface area contributed by atoms with Crippen LogP contribution >= 0.6 is 0 Å². The highest BCUT2D eigenvalue weighted by Gasteiger charge is 2.26. The third-order valence-electron chi connectivity index (χ3n) is 4.62. The molecule has 0 spiro atoms. The Morgan fingerprint density at radius 1 is 0.808 bits per heavy atom. The molecule has 138 valence electrons. The monoisotopic (exact) mass is 356 g/mol. The molecular weight excluding hydrogens is 332 g/mol. The van der Waals surface area contributed by atoms with Gasteiger partial charge in [-0.2, -0.15) is 0 Å². The minimum atomic E-state index is -0.0597. The Bertz CT molecular complexity index is 756. The van der Waals surface area contributed by atoms with Crippen molar-refractivity contribution in [3.05, 3.63) is 48.0 Å². The molecule has 0 bridgehead atoms. The van der Waals surface area contributed by atoms with Crippen molar-refractivity contribution in [2.24, 2.45) is 0 Å². The van der Waals surface area contributed by atoms with Crippen molar-refractivity contribution < 1.29 is 19.0 Å². The maximum Gasteiger partial charge on any atom is 0.257 e. The minimum absolute atomic E-state index is 0.0597. The maximum atomic E-state index is 13.0. The van der Waals surface area contributed by atoms with Crippen LogP contribution in [0.1, 0.15) is 10.4 Å². The zero-order valence-electron chi connectivity index (χ0n) is 15.4. The van der Waals surface area contributed by atoms with Crippen molar-refractivity contribution in [1.82, 2.24) is 4.90 Å². The van der Waals surface area contributed by atoms with Crippen molar-refractivity contribution in [2.75, 3.05) is 52.4 Å². The Morgan fingerprint density at radius 2 is 1.38 bits per heavy atom. The van der Waals surface area contributed by atoms with E-state index < -0.39 is 0 Å². The van der Waals surface area contributed by atoms with Gasteiger partial charge in [-0.25, -0.2) is 0 Å². The molecule has 0 atom stereocenters. The molecule has 1 aliphatic rings. The van der Waals surface area contributed by atoms with Crippen LogP contribution < -0.4 is 19.1 Å². The Hall–Kier alpha value is -2.89. The number of benzene rings is 2. The van der Waals surface area contributed by atoms with Gasteiger partial charge in [0.1, 0.15) is 5.75 Å². The van der Waals surface area contributed by atoms with Crippen LogP contribution in [0.25, 0.3) is 0 Å². The fourth-order valence-electron chi connectivity index (χ4n) is 3.17. The van der Waals surface area contributed by atoms with E-state index in [2.05, 4.69) is 17.0 Å². The van der Waals surface area contributed by atoms with E-state index in [9.17, 15) is 4.79 Å². The number of ether oxygens (including phenoxy) is 3. The van der Waals surface area contributed by atoms with Crippen molar-refractivity contribution in [3.8, 4) is 17.2 Å². The molecule has 3 rings (SSSR count). The number of amides is 1. The van der Waals surface area contributed by atoms with Gasteiger partial charge in [-0.1, -0.05) is 18.2 Å². The molecule has 6 heteroatoms. The molecular formula is C20H24N2O4. The number of carbonyl (C=O) groups is 1. The highest BCUT2D eigenvalue weighted by molar-refractivity contribution is 5.98. The molecule has 1 fully saturated rings. The van der Waals surface area contributed by atoms with Gasteiger partial charge in [0.05, 0.1) is 26.9 Å². The van der Waals surface area contributed by atoms with E-state index in [0.717, 1.165) is 13.1 Å². The van der Waals surface area contributed by atoms with E-state index in [0.29, 0.717) is 35.9 Å². The van der Waals surface area contributed by atoms with Gasteiger partial charge in [0.2, 0.25) is 0 Å². The first-order valence-corrected chi connectivity index (χ1v) is 8.57. The van der Waals surface area contributed by atoms with Crippen LogP contribution in [0, 0.1) is 0 Å². The lowest BCUT2D eigenvalue weighted by Crippen LogP contribution is -2.48. The molecule has 0 N–H and O–H groups in total. The van der Waals surface area contributed by atoms with E-state index in [1.807, 2.05) is 23.1 Å². The largest absolute Gasteiger partial charge is 0.496 e. The molecule has 0 radical (unpaired) electrons. The first-order valence-electron chi connectivity index (χ1n) is 8.57. The van der Waals surface area contributed by atoms with Crippen LogP contribution in [0.5, 0.6) is 17.2 Å². The van der Waals surface area contributed by atoms with E-state index in [1.165, 1.54) is 5.69 Å². The maximum absolute atomic E-state index is 13.0. The highest BCUT2D eigenvalue weighted by Crippen LogP contribution is 2.35. The topological polar surface area (TPSA) is 51.2 Å². The summed E-state index contributed by atoms with van der Waals surface area (Å²) in [6.07, 6.45) is 0. The summed E-state index contributed by atoms with van der Waals surface area (Å²) in [5.74, 6) is 1.48. The summed E-state index contributed by atoms with van der Waals surface area (Å²) in [6, 6.07) is 13.6. The number of hydrogen-bond donors (Lipinski definition) is 0. The van der Waals surface area contributed by atoms with E-state index >= 15 is 0 Å². The van der Waals surface area contributed by atoms with Gasteiger partial charge < -0.3 is 24.0 Å². The van der Waals surface area contributed by atoms with Gasteiger partial charge in [-0.3, -0.25) is 4.79 Å². The lowest BCUT2D eigenvalue weighted by molar-refractivity contribution is 0.0743. The quantitative estimate of drug-likeness (QED) is 0.824. The Balaban J connectivity index is 1.76. The number of nitrogens with zero attached hydrogens (tertiary/aromatic N) is 2. The van der Waals surface area contributed by atoms with Crippen molar-refractivity contribution in [2.45, 2.75) is 0 Å². The zero-order valence-corrected chi connectivity index (χ0v) is 15.4. The predicted molar refractivity (Wildman–Crippen MR) is 101 cm³/mol. The van der Waals surface area contributed by atoms with E-state index in [4.69, 9.17) is 14.2 Å². The van der Waals surface area contributed by atoms with Gasteiger partial charge in [0.25, 0.3) is 5.91 Å². The first-order chi connectivity index (χ1) is 12.7.